The molecule has 0 spiro atoms. The SMILES string of the molecule is CCOC(=O)CCS(=O)(=O)NC1(C#N)CCCCCC1. The van der Waals surface area contributed by atoms with Gasteiger partial charge in [-0.25, -0.2) is 8.42 Å². The summed E-state index contributed by atoms with van der Waals surface area (Å²) in [7, 11) is -3.65. The highest BCUT2D eigenvalue weighted by molar-refractivity contribution is 7.89. The molecule has 0 saturated heterocycles. The van der Waals surface area contributed by atoms with Crippen LogP contribution >= 0.6 is 0 Å². The van der Waals surface area contributed by atoms with E-state index in [1.165, 1.54) is 0 Å². The lowest BCUT2D eigenvalue weighted by Gasteiger charge is -2.25. The van der Waals surface area contributed by atoms with E-state index in [-0.39, 0.29) is 18.8 Å². The molecule has 7 heteroatoms. The minimum Gasteiger partial charge on any atom is -0.466 e. The van der Waals surface area contributed by atoms with Gasteiger partial charge in [0.15, 0.2) is 0 Å². The molecular weight excluding hydrogens is 280 g/mol. The Hall–Kier alpha value is -1.13. The van der Waals surface area contributed by atoms with Crippen LogP contribution < -0.4 is 4.72 Å². The highest BCUT2D eigenvalue weighted by atomic mass is 32.2. The largest absolute Gasteiger partial charge is 0.466 e. The number of esters is 1. The van der Waals surface area contributed by atoms with E-state index in [0.717, 1.165) is 25.7 Å². The van der Waals surface area contributed by atoms with Gasteiger partial charge in [-0.05, 0) is 19.8 Å². The molecule has 0 bridgehead atoms. The first kappa shape index (κ1) is 16.9. The van der Waals surface area contributed by atoms with Crippen LogP contribution in [0.25, 0.3) is 0 Å². The molecular formula is C13H22N2O4S. The van der Waals surface area contributed by atoms with Crippen molar-refractivity contribution in [2.24, 2.45) is 0 Å². The topological polar surface area (TPSA) is 96.3 Å². The summed E-state index contributed by atoms with van der Waals surface area (Å²) in [6.45, 7) is 1.90. The number of carbonyl (C=O) groups excluding carboxylic acids is 1. The Kier molecular flexibility index (Phi) is 6.43. The van der Waals surface area contributed by atoms with Gasteiger partial charge in [-0.2, -0.15) is 9.98 Å². The van der Waals surface area contributed by atoms with Crippen LogP contribution in [0.4, 0.5) is 0 Å². The molecule has 1 aliphatic carbocycles. The molecule has 1 fully saturated rings. The van der Waals surface area contributed by atoms with Crippen LogP contribution in [0.3, 0.4) is 0 Å². The molecule has 0 aromatic rings. The summed E-state index contributed by atoms with van der Waals surface area (Å²) in [5.74, 6) is -0.875. The molecule has 0 unspecified atom stereocenters. The zero-order chi connectivity index (χ0) is 15.1. The lowest BCUT2D eigenvalue weighted by Crippen LogP contribution is -2.48. The van der Waals surface area contributed by atoms with Gasteiger partial charge >= 0.3 is 5.97 Å². The average molecular weight is 302 g/mol. The van der Waals surface area contributed by atoms with Gasteiger partial charge in [-0.3, -0.25) is 4.79 Å². The molecule has 6 nitrogen and oxygen atoms in total. The predicted octanol–water partition coefficient (Wildman–Crippen LogP) is 1.48. The molecule has 0 atom stereocenters. The monoisotopic (exact) mass is 302 g/mol. The third-order valence-corrected chi connectivity index (χ3v) is 4.85. The Morgan fingerprint density at radius 1 is 1.30 bits per heavy atom. The first-order valence-corrected chi connectivity index (χ1v) is 8.67. The number of ether oxygens (including phenoxy) is 1. The third kappa shape index (κ3) is 5.47. The summed E-state index contributed by atoms with van der Waals surface area (Å²) in [4.78, 5) is 11.2. The van der Waals surface area contributed by atoms with Gasteiger partial charge in [0.2, 0.25) is 10.0 Å². The van der Waals surface area contributed by atoms with E-state index >= 15 is 0 Å². The Labute approximate surface area is 120 Å². The maximum Gasteiger partial charge on any atom is 0.306 e. The molecule has 1 aliphatic rings. The predicted molar refractivity (Wildman–Crippen MR) is 74.2 cm³/mol. The normalized spacial score (nSPS) is 18.8. The lowest BCUT2D eigenvalue weighted by molar-refractivity contribution is -0.142. The van der Waals surface area contributed by atoms with Crippen molar-refractivity contribution in [2.45, 2.75) is 57.4 Å². The number of carbonyl (C=O) groups is 1. The van der Waals surface area contributed by atoms with Crippen LogP contribution in [-0.4, -0.2) is 32.3 Å². The van der Waals surface area contributed by atoms with Crippen molar-refractivity contribution in [3.63, 3.8) is 0 Å². The van der Waals surface area contributed by atoms with E-state index in [1.54, 1.807) is 6.92 Å². The highest BCUT2D eigenvalue weighted by Crippen LogP contribution is 2.27. The molecule has 1 N–H and O–H groups in total. The second kappa shape index (κ2) is 7.60. The Morgan fingerprint density at radius 2 is 1.90 bits per heavy atom. The Balaban J connectivity index is 2.63. The molecule has 0 aromatic heterocycles. The zero-order valence-corrected chi connectivity index (χ0v) is 12.7. The number of hydrogen-bond donors (Lipinski definition) is 1. The standard InChI is InChI=1S/C13H22N2O4S/c1-2-19-12(16)7-10-20(17,18)15-13(11-14)8-5-3-4-6-9-13/h15H,2-10H2,1H3. The van der Waals surface area contributed by atoms with Crippen molar-refractivity contribution in [3.8, 4) is 6.07 Å². The average Bonchev–Trinajstić information content (AvgIpc) is 2.63. The van der Waals surface area contributed by atoms with Gasteiger partial charge in [0.05, 0.1) is 24.8 Å². The smallest absolute Gasteiger partial charge is 0.306 e. The van der Waals surface area contributed by atoms with Crippen LogP contribution in [0.1, 0.15) is 51.9 Å². The number of rotatable bonds is 6. The summed E-state index contributed by atoms with van der Waals surface area (Å²) >= 11 is 0. The Morgan fingerprint density at radius 3 is 2.40 bits per heavy atom. The van der Waals surface area contributed by atoms with Gasteiger partial charge in [0, 0.05) is 0 Å². The lowest BCUT2D eigenvalue weighted by atomic mass is 9.94. The first-order chi connectivity index (χ1) is 9.43. The van der Waals surface area contributed by atoms with E-state index in [2.05, 4.69) is 10.8 Å². The molecule has 0 heterocycles. The van der Waals surface area contributed by atoms with E-state index in [4.69, 9.17) is 4.74 Å². The maximum absolute atomic E-state index is 12.0. The molecule has 1 saturated carbocycles. The first-order valence-electron chi connectivity index (χ1n) is 7.01. The van der Waals surface area contributed by atoms with Crippen molar-refractivity contribution in [2.75, 3.05) is 12.4 Å². The fourth-order valence-electron chi connectivity index (χ4n) is 2.37. The van der Waals surface area contributed by atoms with E-state index in [1.807, 2.05) is 0 Å². The van der Waals surface area contributed by atoms with Crippen molar-refractivity contribution < 1.29 is 17.9 Å². The van der Waals surface area contributed by atoms with Crippen LogP contribution in [0.5, 0.6) is 0 Å². The summed E-state index contributed by atoms with van der Waals surface area (Å²) in [5, 5.41) is 9.32. The number of nitriles is 1. The van der Waals surface area contributed by atoms with Gasteiger partial charge in [-0.1, -0.05) is 25.7 Å². The zero-order valence-electron chi connectivity index (χ0n) is 11.9. The summed E-state index contributed by atoms with van der Waals surface area (Å²) < 4.78 is 31.2. The van der Waals surface area contributed by atoms with Crippen molar-refractivity contribution >= 4 is 16.0 Å². The van der Waals surface area contributed by atoms with E-state index in [0.29, 0.717) is 12.8 Å². The van der Waals surface area contributed by atoms with Crippen LogP contribution in [0, 0.1) is 11.3 Å². The number of sulfonamides is 1. The highest BCUT2D eigenvalue weighted by Gasteiger charge is 2.35. The minimum absolute atomic E-state index is 0.190. The Bertz CT molecular complexity index is 459. The molecule has 0 aliphatic heterocycles. The third-order valence-electron chi connectivity index (χ3n) is 3.40. The molecule has 20 heavy (non-hydrogen) atoms. The molecule has 1 rings (SSSR count). The van der Waals surface area contributed by atoms with E-state index in [9.17, 15) is 18.5 Å². The van der Waals surface area contributed by atoms with Crippen molar-refractivity contribution in [1.29, 1.82) is 5.26 Å². The summed E-state index contributed by atoms with van der Waals surface area (Å²) in [6.07, 6.45) is 4.60. The van der Waals surface area contributed by atoms with Crippen LogP contribution in [-0.2, 0) is 19.6 Å². The fraction of sp³-hybridized carbons (Fsp3) is 0.846. The van der Waals surface area contributed by atoms with Crippen LogP contribution in [0.15, 0.2) is 0 Å². The van der Waals surface area contributed by atoms with Crippen LogP contribution in [0.2, 0.25) is 0 Å². The minimum atomic E-state index is -3.65. The van der Waals surface area contributed by atoms with Gasteiger partial charge in [-0.15, -0.1) is 0 Å². The van der Waals surface area contributed by atoms with Gasteiger partial charge in [0.25, 0.3) is 0 Å². The van der Waals surface area contributed by atoms with Crippen molar-refractivity contribution in [3.05, 3.63) is 0 Å². The fourth-order valence-corrected chi connectivity index (χ4v) is 3.75. The summed E-state index contributed by atoms with van der Waals surface area (Å²) in [5.41, 5.74) is -1.01. The number of nitrogens with one attached hydrogen (secondary N) is 1. The van der Waals surface area contributed by atoms with Crippen molar-refractivity contribution in [1.82, 2.24) is 4.72 Å². The van der Waals surface area contributed by atoms with E-state index < -0.39 is 21.5 Å². The number of nitrogens with zero attached hydrogens (tertiary/aromatic N) is 1. The quantitative estimate of drug-likeness (QED) is 0.592. The second-order valence-corrected chi connectivity index (χ2v) is 6.93. The second-order valence-electron chi connectivity index (χ2n) is 5.08. The summed E-state index contributed by atoms with van der Waals surface area (Å²) in [6, 6.07) is 2.12. The maximum atomic E-state index is 12.0. The molecule has 0 radical (unpaired) electrons. The molecule has 0 aromatic carbocycles. The van der Waals surface area contributed by atoms with Gasteiger partial charge in [0.1, 0.15) is 5.54 Å². The number of hydrogen-bond acceptors (Lipinski definition) is 5. The van der Waals surface area contributed by atoms with Gasteiger partial charge < -0.3 is 4.74 Å². The molecule has 0 amide bonds. The molecule has 114 valence electrons.